The monoisotopic (exact) mass is 1060 g/mol. The molecule has 0 radical (unpaired) electrons. The Labute approximate surface area is 412 Å². The lowest BCUT2D eigenvalue weighted by Crippen LogP contribution is -2.35. The van der Waals surface area contributed by atoms with Gasteiger partial charge in [-0.3, -0.25) is 38.1 Å². The van der Waals surface area contributed by atoms with Gasteiger partial charge < -0.3 is 30.1 Å². The van der Waals surface area contributed by atoms with Gasteiger partial charge in [0.1, 0.15) is 30.2 Å². The van der Waals surface area contributed by atoms with E-state index in [4.69, 9.17) is 66.9 Å². The predicted molar refractivity (Wildman–Crippen MR) is 264 cm³/mol. The number of esters is 1. The standard InChI is InChI=1S/C15H15ClFN3O3S2.C14H20ClNO2.C8H11Cl2NO.C5H12NO4P/c1-23-13(21)8-24-12-7-11(10(17)6-9(12)16)18-14-19-4-2-3-5-20(19)15(22)25-14;1-4-11-7-6-8-12(5-2)14(11)16(10-18-3)13(17)9-15;1-3-5-11(6-4-2)8(12)7(9)10;1-11(9,10)3-2-4(6)5(7)8/h6-7H,2-5,8H2,1H3;6-8H,4-5,9-10H2,1-3H3;3-4,7H,1-2,5-6H2;4H,2-3,6H2,1H3,(H,7,8)(H,9,10)/b18-14-;;;. The highest BCUT2D eigenvalue weighted by atomic mass is 35.5. The molecule has 24 heteroatoms. The number of halogens is 5. The van der Waals surface area contributed by atoms with Gasteiger partial charge in [0.05, 0.1) is 23.6 Å². The fraction of sp³-hybridized carbons (Fsp3) is 0.476. The highest BCUT2D eigenvalue weighted by Crippen LogP contribution is 2.36. The Hall–Kier alpha value is -3.49. The van der Waals surface area contributed by atoms with Crippen molar-refractivity contribution in [3.63, 3.8) is 0 Å². The molecule has 2 unspecified atom stereocenters. The first-order chi connectivity index (χ1) is 31.1. The number of rotatable bonds is 19. The number of fused-ring (bicyclic) bond motifs is 1. The van der Waals surface area contributed by atoms with E-state index in [2.05, 4.69) is 36.7 Å². The number of benzene rings is 2. The molecule has 0 spiro atoms. The first-order valence-electron chi connectivity index (χ1n) is 20.2. The molecular formula is C42H58Cl4FN6O10PS2. The van der Waals surface area contributed by atoms with Crippen molar-refractivity contribution in [1.82, 2.24) is 14.3 Å². The van der Waals surface area contributed by atoms with Crippen LogP contribution in [0.2, 0.25) is 5.02 Å². The number of methoxy groups -OCH3 is 2. The Morgan fingerprint density at radius 1 is 1.08 bits per heavy atom. The predicted octanol–water partition coefficient (Wildman–Crippen LogP) is 7.46. The molecular weight excluding hydrogens is 1000 g/mol. The fourth-order valence-electron chi connectivity index (χ4n) is 5.66. The largest absolute Gasteiger partial charge is 0.480 e. The van der Waals surface area contributed by atoms with Crippen LogP contribution in [0.4, 0.5) is 15.8 Å². The third-order valence-electron chi connectivity index (χ3n) is 8.96. The van der Waals surface area contributed by atoms with Gasteiger partial charge in [-0.15, -0.1) is 36.5 Å². The van der Waals surface area contributed by atoms with Crippen molar-refractivity contribution in [2.75, 3.05) is 63.4 Å². The lowest BCUT2D eigenvalue weighted by Gasteiger charge is -2.26. The molecule has 66 heavy (non-hydrogen) atoms. The third kappa shape index (κ3) is 20.8. The number of ether oxygens (including phenoxy) is 2. The summed E-state index contributed by atoms with van der Waals surface area (Å²) in [5.41, 5.74) is 8.42. The first kappa shape index (κ1) is 60.5. The smallest absolute Gasteiger partial charge is 0.325 e. The van der Waals surface area contributed by atoms with Crippen molar-refractivity contribution in [1.29, 1.82) is 0 Å². The summed E-state index contributed by atoms with van der Waals surface area (Å²) < 4.78 is 38.0. The molecule has 2 aromatic carbocycles. The molecule has 2 amide bonds. The maximum atomic E-state index is 14.3. The van der Waals surface area contributed by atoms with Crippen LogP contribution in [-0.4, -0.2) is 117 Å². The summed E-state index contributed by atoms with van der Waals surface area (Å²) in [5, 5.41) is 8.48. The van der Waals surface area contributed by atoms with Gasteiger partial charge in [-0.25, -0.2) is 14.1 Å². The number of carboxylic acid groups (broad SMARTS) is 1. The SMILES string of the molecule is C=CCN(CC=C)C(=O)C(Cl)Cl.CCc1cccc(CC)c1N(COC)C(=O)CCl.COC(=O)CSc1cc(/N=c2\sc(=O)n3n2CCCC3)c(F)cc1Cl.CP(=O)(O)CCC(N)C(=O)O. The van der Waals surface area contributed by atoms with Crippen molar-refractivity contribution in [2.45, 2.75) is 74.8 Å². The first-order valence-corrected chi connectivity index (χ1v) is 26.1. The molecule has 4 N–H and O–H groups in total. The number of nitrogens with two attached hydrogens (primary N) is 1. The van der Waals surface area contributed by atoms with Crippen LogP contribution >= 0.6 is 76.9 Å². The topological polar surface area (TPSA) is 216 Å². The molecule has 2 atom stereocenters. The summed E-state index contributed by atoms with van der Waals surface area (Å²) >= 11 is 24.6. The average Bonchev–Trinajstić information content (AvgIpc) is 3.61. The van der Waals surface area contributed by atoms with Crippen molar-refractivity contribution in [3.8, 4) is 0 Å². The van der Waals surface area contributed by atoms with E-state index in [0.717, 1.165) is 71.7 Å². The van der Waals surface area contributed by atoms with Gasteiger partial charge in [0.2, 0.25) is 10.7 Å². The second kappa shape index (κ2) is 31.5. The average molecular weight is 1060 g/mol. The highest BCUT2D eigenvalue weighted by molar-refractivity contribution is 8.00. The minimum absolute atomic E-state index is 0.0371. The number of anilines is 1. The number of thioether (sulfide) groups is 1. The molecule has 1 aliphatic heterocycles. The molecule has 1 aromatic heterocycles. The quantitative estimate of drug-likeness (QED) is 0.0266. The summed E-state index contributed by atoms with van der Waals surface area (Å²) in [6.45, 7) is 14.8. The Kier molecular flexibility index (Phi) is 28.9. The molecule has 3 aromatic rings. The van der Waals surface area contributed by atoms with Crippen LogP contribution in [0.15, 0.2) is 70.3 Å². The van der Waals surface area contributed by atoms with E-state index < -0.39 is 36.0 Å². The third-order valence-corrected chi connectivity index (χ3v) is 13.0. The number of carbonyl (C=O) groups is 4. The summed E-state index contributed by atoms with van der Waals surface area (Å²) in [6.07, 6.45) is 6.86. The Morgan fingerprint density at radius 2 is 1.65 bits per heavy atom. The minimum atomic E-state index is -3.10. The summed E-state index contributed by atoms with van der Waals surface area (Å²) in [6, 6.07) is 7.72. The zero-order chi connectivity index (χ0) is 50.1. The molecule has 0 bridgehead atoms. The van der Waals surface area contributed by atoms with E-state index in [1.165, 1.54) is 24.7 Å². The minimum Gasteiger partial charge on any atom is -0.480 e. The summed E-state index contributed by atoms with van der Waals surface area (Å²) in [4.78, 5) is 72.6. The molecule has 0 saturated heterocycles. The molecule has 0 fully saturated rings. The number of carbonyl (C=O) groups excluding carboxylic acids is 3. The molecule has 0 saturated carbocycles. The Morgan fingerprint density at radius 3 is 2.12 bits per heavy atom. The van der Waals surface area contributed by atoms with Crippen LogP contribution in [0.3, 0.4) is 0 Å². The number of aryl methyl sites for hydroxylation is 2. The van der Waals surface area contributed by atoms with Gasteiger partial charge in [0, 0.05) is 51.0 Å². The van der Waals surface area contributed by atoms with E-state index in [-0.39, 0.29) is 58.3 Å². The van der Waals surface area contributed by atoms with E-state index in [1.54, 1.807) is 33.5 Å². The number of aliphatic carboxylic acids is 1. The van der Waals surface area contributed by atoms with Crippen LogP contribution in [-0.2, 0) is 59.1 Å². The van der Waals surface area contributed by atoms with E-state index in [0.29, 0.717) is 35.9 Å². The van der Waals surface area contributed by atoms with Crippen molar-refractivity contribution in [3.05, 3.63) is 92.1 Å². The number of alkyl halides is 3. The maximum absolute atomic E-state index is 14.3. The Bertz CT molecular complexity index is 2240. The second-order valence-corrected chi connectivity index (χ2v) is 20.2. The number of para-hydroxylation sites is 1. The van der Waals surface area contributed by atoms with Crippen molar-refractivity contribution < 1.29 is 47.6 Å². The molecule has 16 nitrogen and oxygen atoms in total. The van der Waals surface area contributed by atoms with Crippen LogP contribution in [0.1, 0.15) is 44.2 Å². The maximum Gasteiger partial charge on any atom is 0.325 e. The van der Waals surface area contributed by atoms with E-state index in [9.17, 15) is 32.9 Å². The van der Waals surface area contributed by atoms with Crippen LogP contribution < -0.4 is 20.3 Å². The van der Waals surface area contributed by atoms with Gasteiger partial charge >= 0.3 is 16.8 Å². The summed E-state index contributed by atoms with van der Waals surface area (Å²) in [5.74, 6) is -2.55. The van der Waals surface area contributed by atoms with Gasteiger partial charge in [-0.05, 0) is 66.7 Å². The van der Waals surface area contributed by atoms with Gasteiger partial charge in [-0.1, -0.05) is 79.0 Å². The molecule has 4 rings (SSSR count). The normalized spacial score (nSPS) is 13.2. The van der Waals surface area contributed by atoms with E-state index in [1.807, 2.05) is 18.2 Å². The molecule has 2 heterocycles. The zero-order valence-electron chi connectivity index (χ0n) is 37.4. The van der Waals surface area contributed by atoms with Crippen molar-refractivity contribution >= 4 is 112 Å². The van der Waals surface area contributed by atoms with Crippen LogP contribution in [0.25, 0.3) is 0 Å². The van der Waals surface area contributed by atoms with Crippen LogP contribution in [0.5, 0.6) is 0 Å². The fourth-order valence-corrected chi connectivity index (χ4v) is 8.83. The molecule has 1 aliphatic rings. The molecule has 368 valence electrons. The van der Waals surface area contributed by atoms with E-state index >= 15 is 0 Å². The molecule has 0 aliphatic carbocycles. The van der Waals surface area contributed by atoms with Gasteiger partial charge in [0.15, 0.2) is 12.2 Å². The Balaban J connectivity index is 0.000000468. The zero-order valence-corrected chi connectivity index (χ0v) is 43.0. The number of carboxylic acids is 1. The van der Waals surface area contributed by atoms with Gasteiger partial charge in [0.25, 0.3) is 5.91 Å². The lowest BCUT2D eigenvalue weighted by atomic mass is 10.0. The number of nitrogens with zero attached hydrogens (tertiary/aromatic N) is 5. The van der Waals surface area contributed by atoms with Gasteiger partial charge in [-0.2, -0.15) is 0 Å². The summed E-state index contributed by atoms with van der Waals surface area (Å²) in [7, 11) is -0.228. The van der Waals surface area contributed by atoms with Crippen LogP contribution in [0, 0.1) is 5.82 Å². The number of amides is 2. The highest BCUT2D eigenvalue weighted by Gasteiger charge is 2.21. The second-order valence-electron chi connectivity index (χ2n) is 13.9. The number of hydrogen-bond donors (Lipinski definition) is 3. The number of aromatic nitrogens is 2. The number of hydrogen-bond acceptors (Lipinski definition) is 12. The van der Waals surface area contributed by atoms with Crippen molar-refractivity contribution in [2.24, 2.45) is 10.7 Å². The lowest BCUT2D eigenvalue weighted by molar-refractivity contribution is -0.139.